The fourth-order valence-corrected chi connectivity index (χ4v) is 3.24. The van der Waals surface area contributed by atoms with Crippen molar-refractivity contribution in [2.75, 3.05) is 31.3 Å². The second kappa shape index (κ2) is 4.76. The molecule has 1 aliphatic heterocycles. The van der Waals surface area contributed by atoms with Crippen molar-refractivity contribution in [2.45, 2.75) is 26.3 Å². The zero-order chi connectivity index (χ0) is 13.4. The third-order valence-corrected chi connectivity index (χ3v) is 4.49. The summed E-state index contributed by atoms with van der Waals surface area (Å²) >= 11 is 1.36. The largest absolute Gasteiger partial charge is 0.382 e. The Hall–Kier alpha value is -1.30. The smallest absolute Gasteiger partial charge is 0.268 e. The molecular formula is C12H20N4OS. The Bertz CT molecular complexity index is 457. The summed E-state index contributed by atoms with van der Waals surface area (Å²) in [7, 11) is 3.79. The van der Waals surface area contributed by atoms with E-state index in [1.807, 2.05) is 23.9 Å². The molecule has 0 radical (unpaired) electrons. The molecule has 2 heterocycles. The Morgan fingerprint density at radius 3 is 2.61 bits per heavy atom. The molecule has 5 nitrogen and oxygen atoms in total. The van der Waals surface area contributed by atoms with Crippen LogP contribution in [0.1, 0.15) is 29.9 Å². The molecule has 18 heavy (non-hydrogen) atoms. The van der Waals surface area contributed by atoms with Gasteiger partial charge in [0.05, 0.1) is 0 Å². The number of hydrogen-bond acceptors (Lipinski definition) is 5. The van der Waals surface area contributed by atoms with Gasteiger partial charge in [-0.25, -0.2) is 4.98 Å². The first-order valence-corrected chi connectivity index (χ1v) is 6.96. The summed E-state index contributed by atoms with van der Waals surface area (Å²) in [6, 6.07) is 0.289. The van der Waals surface area contributed by atoms with Crippen LogP contribution in [0, 0.1) is 5.92 Å². The van der Waals surface area contributed by atoms with E-state index >= 15 is 0 Å². The number of anilines is 2. The van der Waals surface area contributed by atoms with Crippen molar-refractivity contribution in [1.29, 1.82) is 0 Å². The van der Waals surface area contributed by atoms with Crippen LogP contribution < -0.4 is 10.6 Å². The SMILES string of the molecule is CC1CC(C)N(C(=O)c2sc(N(C)C)nc2N)C1. The summed E-state index contributed by atoms with van der Waals surface area (Å²) in [4.78, 5) is 21.0. The topological polar surface area (TPSA) is 62.5 Å². The molecule has 1 saturated heterocycles. The van der Waals surface area contributed by atoms with Crippen LogP contribution in [0.5, 0.6) is 0 Å². The molecule has 0 bridgehead atoms. The van der Waals surface area contributed by atoms with Crippen LogP contribution in [-0.2, 0) is 0 Å². The Morgan fingerprint density at radius 1 is 1.50 bits per heavy atom. The summed E-state index contributed by atoms with van der Waals surface area (Å²) < 4.78 is 0. The van der Waals surface area contributed by atoms with Gasteiger partial charge in [0.25, 0.3) is 5.91 Å². The van der Waals surface area contributed by atoms with Gasteiger partial charge in [0.1, 0.15) is 10.7 Å². The minimum absolute atomic E-state index is 0.0231. The predicted molar refractivity (Wildman–Crippen MR) is 75.1 cm³/mol. The molecule has 6 heteroatoms. The molecule has 0 spiro atoms. The summed E-state index contributed by atoms with van der Waals surface area (Å²) in [5, 5.41) is 0.774. The van der Waals surface area contributed by atoms with Crippen molar-refractivity contribution < 1.29 is 4.79 Å². The summed E-state index contributed by atoms with van der Waals surface area (Å²) in [5.74, 6) is 0.932. The highest BCUT2D eigenvalue weighted by Crippen LogP contribution is 2.31. The summed E-state index contributed by atoms with van der Waals surface area (Å²) in [6.07, 6.45) is 1.06. The van der Waals surface area contributed by atoms with E-state index in [1.54, 1.807) is 0 Å². The molecule has 1 fully saturated rings. The van der Waals surface area contributed by atoms with E-state index in [9.17, 15) is 4.79 Å². The first kappa shape index (κ1) is 13.1. The first-order valence-electron chi connectivity index (χ1n) is 6.14. The number of thiazole rings is 1. The van der Waals surface area contributed by atoms with Gasteiger partial charge in [0, 0.05) is 26.7 Å². The minimum atomic E-state index is 0.0231. The molecule has 1 aliphatic rings. The number of carbonyl (C=O) groups excluding carboxylic acids is 1. The highest BCUT2D eigenvalue weighted by Gasteiger charge is 2.32. The van der Waals surface area contributed by atoms with Crippen LogP contribution in [0.25, 0.3) is 0 Å². The number of carbonyl (C=O) groups is 1. The highest BCUT2D eigenvalue weighted by molar-refractivity contribution is 7.18. The molecule has 0 aliphatic carbocycles. The Kier molecular flexibility index (Phi) is 3.47. The van der Waals surface area contributed by atoms with E-state index in [-0.39, 0.29) is 11.9 Å². The van der Waals surface area contributed by atoms with Crippen LogP contribution in [0.15, 0.2) is 0 Å². The number of hydrogen-bond donors (Lipinski definition) is 1. The molecule has 1 aromatic heterocycles. The number of rotatable bonds is 2. The van der Waals surface area contributed by atoms with E-state index in [4.69, 9.17) is 5.73 Å². The Labute approximate surface area is 112 Å². The van der Waals surface area contributed by atoms with Gasteiger partial charge in [-0.2, -0.15) is 0 Å². The lowest BCUT2D eigenvalue weighted by Gasteiger charge is -2.20. The lowest BCUT2D eigenvalue weighted by Crippen LogP contribution is -2.33. The van der Waals surface area contributed by atoms with E-state index in [0.29, 0.717) is 16.6 Å². The van der Waals surface area contributed by atoms with Crippen LogP contribution >= 0.6 is 11.3 Å². The number of likely N-dealkylation sites (tertiary alicyclic amines) is 1. The predicted octanol–water partition coefficient (Wildman–Crippen LogP) is 1.66. The normalized spacial score (nSPS) is 23.4. The second-order valence-corrected chi connectivity index (χ2v) is 6.23. The van der Waals surface area contributed by atoms with Crippen molar-refractivity contribution in [1.82, 2.24) is 9.88 Å². The van der Waals surface area contributed by atoms with Gasteiger partial charge in [0.2, 0.25) is 0 Å². The zero-order valence-electron chi connectivity index (χ0n) is 11.3. The number of nitrogens with zero attached hydrogens (tertiary/aromatic N) is 3. The fraction of sp³-hybridized carbons (Fsp3) is 0.667. The van der Waals surface area contributed by atoms with Crippen molar-refractivity contribution in [2.24, 2.45) is 5.92 Å². The van der Waals surface area contributed by atoms with Crippen molar-refractivity contribution in [3.63, 3.8) is 0 Å². The minimum Gasteiger partial charge on any atom is -0.382 e. The van der Waals surface area contributed by atoms with E-state index in [1.165, 1.54) is 11.3 Å². The maximum atomic E-state index is 12.5. The van der Waals surface area contributed by atoms with E-state index in [0.717, 1.165) is 18.1 Å². The average Bonchev–Trinajstić information content (AvgIpc) is 2.81. The van der Waals surface area contributed by atoms with Gasteiger partial charge < -0.3 is 15.5 Å². The van der Waals surface area contributed by atoms with Gasteiger partial charge in [-0.05, 0) is 19.3 Å². The van der Waals surface area contributed by atoms with E-state index in [2.05, 4.69) is 18.8 Å². The van der Waals surface area contributed by atoms with Gasteiger partial charge >= 0.3 is 0 Å². The van der Waals surface area contributed by atoms with Crippen LogP contribution in [0.3, 0.4) is 0 Å². The quantitative estimate of drug-likeness (QED) is 0.886. The van der Waals surface area contributed by atoms with Crippen molar-refractivity contribution in [3.8, 4) is 0 Å². The highest BCUT2D eigenvalue weighted by atomic mass is 32.1. The molecular weight excluding hydrogens is 248 g/mol. The third kappa shape index (κ3) is 2.29. The monoisotopic (exact) mass is 268 g/mol. The average molecular weight is 268 g/mol. The molecule has 1 amide bonds. The number of aromatic nitrogens is 1. The van der Waals surface area contributed by atoms with Gasteiger partial charge in [-0.15, -0.1) is 0 Å². The fourth-order valence-electron chi connectivity index (χ4n) is 2.38. The molecule has 2 N–H and O–H groups in total. The number of nitrogens with two attached hydrogens (primary N) is 1. The lowest BCUT2D eigenvalue weighted by molar-refractivity contribution is 0.0749. The van der Waals surface area contributed by atoms with Crippen LogP contribution in [0.2, 0.25) is 0 Å². The molecule has 1 aromatic rings. The summed E-state index contributed by atoms with van der Waals surface area (Å²) in [6.45, 7) is 5.07. The molecule has 0 saturated carbocycles. The Morgan fingerprint density at radius 2 is 2.17 bits per heavy atom. The zero-order valence-corrected chi connectivity index (χ0v) is 12.1. The molecule has 100 valence electrons. The molecule has 2 unspecified atom stereocenters. The first-order chi connectivity index (χ1) is 8.40. The lowest BCUT2D eigenvalue weighted by atomic mass is 10.1. The third-order valence-electron chi connectivity index (χ3n) is 3.26. The maximum absolute atomic E-state index is 12.5. The van der Waals surface area contributed by atoms with Crippen molar-refractivity contribution in [3.05, 3.63) is 4.88 Å². The maximum Gasteiger partial charge on any atom is 0.268 e. The van der Waals surface area contributed by atoms with Crippen molar-refractivity contribution >= 4 is 28.2 Å². The van der Waals surface area contributed by atoms with Gasteiger partial charge in [-0.1, -0.05) is 18.3 Å². The van der Waals surface area contributed by atoms with Gasteiger partial charge in [-0.3, -0.25) is 4.79 Å². The van der Waals surface area contributed by atoms with E-state index < -0.39 is 0 Å². The number of amides is 1. The van der Waals surface area contributed by atoms with Crippen LogP contribution in [-0.4, -0.2) is 42.5 Å². The Balaban J connectivity index is 2.23. The van der Waals surface area contributed by atoms with Gasteiger partial charge in [0.15, 0.2) is 5.13 Å². The molecule has 2 rings (SSSR count). The summed E-state index contributed by atoms with van der Waals surface area (Å²) in [5.41, 5.74) is 5.85. The second-order valence-electron chi connectivity index (χ2n) is 5.25. The molecule has 2 atom stereocenters. The standard InChI is InChI=1S/C12H20N4OS/c1-7-5-8(2)16(6-7)11(17)9-10(13)14-12(18-9)15(3)4/h7-8H,5-6,13H2,1-4H3. The molecule has 0 aromatic carbocycles. The number of nitrogen functional groups attached to an aromatic ring is 1. The van der Waals surface area contributed by atoms with Crippen LogP contribution in [0.4, 0.5) is 10.9 Å².